The molecule has 1 N–H and O–H groups in total. The van der Waals surface area contributed by atoms with Gasteiger partial charge in [0.1, 0.15) is 6.61 Å². The Morgan fingerprint density at radius 3 is 2.35 bits per heavy atom. The minimum absolute atomic E-state index is 0.0207. The fourth-order valence-electron chi connectivity index (χ4n) is 12.0. The first-order chi connectivity index (χ1) is 18.7. The quantitative estimate of drug-likeness (QED) is 0.285. The Kier molecular flexibility index (Phi) is 6.99. The fraction of sp³-hybridized carbons (Fsp3) is 0.917. The summed E-state index contributed by atoms with van der Waals surface area (Å²) in [6.45, 7) is 21.1. The Labute approximate surface area is 245 Å². The molecule has 1 heterocycles. The molecule has 0 aromatic heterocycles. The van der Waals surface area contributed by atoms with Crippen LogP contribution in [0.25, 0.3) is 0 Å². The van der Waals surface area contributed by atoms with Crippen molar-refractivity contribution in [2.45, 2.75) is 132 Å². The minimum atomic E-state index is -0.340. The maximum atomic E-state index is 14.1. The van der Waals surface area contributed by atoms with Crippen molar-refractivity contribution in [1.29, 1.82) is 0 Å². The maximum absolute atomic E-state index is 14.1. The van der Waals surface area contributed by atoms with Crippen molar-refractivity contribution in [2.75, 3.05) is 26.2 Å². The third-order valence-corrected chi connectivity index (χ3v) is 14.9. The van der Waals surface area contributed by atoms with E-state index in [-0.39, 0.29) is 44.6 Å². The zero-order valence-corrected chi connectivity index (χ0v) is 26.9. The van der Waals surface area contributed by atoms with Crippen LogP contribution in [0, 0.1) is 50.2 Å². The van der Waals surface area contributed by atoms with Crippen LogP contribution in [0.4, 0.5) is 0 Å². The predicted octanol–water partition coefficient (Wildman–Crippen LogP) is 7.79. The molecular weight excluding hydrogens is 494 g/mol. The topological polar surface area (TPSA) is 49.8 Å². The third-order valence-electron chi connectivity index (χ3n) is 14.9. The lowest BCUT2D eigenvalue weighted by Gasteiger charge is -2.71. The van der Waals surface area contributed by atoms with E-state index in [1.807, 2.05) is 0 Å². The molecule has 5 fully saturated rings. The number of likely N-dealkylation sites (tertiary alicyclic amines) is 1. The van der Waals surface area contributed by atoms with Gasteiger partial charge in [-0.3, -0.25) is 9.69 Å². The number of rotatable bonds is 4. The Hall–Kier alpha value is -0.870. The zero-order chi connectivity index (χ0) is 28.8. The highest BCUT2D eigenvalue weighted by Crippen LogP contribution is 2.75. The van der Waals surface area contributed by atoms with Gasteiger partial charge in [0.25, 0.3) is 0 Å². The molecule has 0 bridgehead atoms. The molecular formula is C36H59NO3. The van der Waals surface area contributed by atoms with Gasteiger partial charge in [-0.2, -0.15) is 0 Å². The molecule has 1 saturated heterocycles. The van der Waals surface area contributed by atoms with Gasteiger partial charge in [-0.1, -0.05) is 60.1 Å². The molecule has 0 aromatic rings. The van der Waals surface area contributed by atoms with Crippen LogP contribution < -0.4 is 0 Å². The van der Waals surface area contributed by atoms with Gasteiger partial charge < -0.3 is 9.84 Å². The first kappa shape index (κ1) is 29.2. The molecule has 226 valence electrons. The second kappa shape index (κ2) is 9.57. The smallest absolute Gasteiger partial charge is 0.312 e. The molecule has 1 unspecified atom stereocenters. The van der Waals surface area contributed by atoms with E-state index in [9.17, 15) is 9.90 Å². The number of hydrogen-bond donors (Lipinski definition) is 1. The van der Waals surface area contributed by atoms with Gasteiger partial charge in [0.2, 0.25) is 0 Å². The average Bonchev–Trinajstić information content (AvgIpc) is 3.40. The fourth-order valence-corrected chi connectivity index (χ4v) is 12.0. The lowest BCUT2D eigenvalue weighted by molar-refractivity contribution is -0.206. The van der Waals surface area contributed by atoms with E-state index in [4.69, 9.17) is 4.74 Å². The summed E-state index contributed by atoms with van der Waals surface area (Å²) in [5.41, 5.74) is 2.14. The second-order valence-electron chi connectivity index (χ2n) is 17.4. The molecule has 8 atom stereocenters. The molecule has 6 rings (SSSR count). The first-order valence-electron chi connectivity index (χ1n) is 17.0. The van der Waals surface area contributed by atoms with Gasteiger partial charge in [-0.05, 0) is 135 Å². The first-order valence-corrected chi connectivity index (χ1v) is 17.0. The van der Waals surface area contributed by atoms with Gasteiger partial charge in [0, 0.05) is 6.54 Å². The van der Waals surface area contributed by atoms with Crippen molar-refractivity contribution in [3.05, 3.63) is 11.6 Å². The summed E-state index contributed by atoms with van der Waals surface area (Å²) in [5, 5.41) is 11.0. The van der Waals surface area contributed by atoms with Gasteiger partial charge in [0.15, 0.2) is 0 Å². The average molecular weight is 554 g/mol. The van der Waals surface area contributed by atoms with Crippen LogP contribution in [0.5, 0.6) is 0 Å². The largest absolute Gasteiger partial charge is 0.464 e. The van der Waals surface area contributed by atoms with Gasteiger partial charge >= 0.3 is 5.97 Å². The van der Waals surface area contributed by atoms with Crippen LogP contribution in [0.2, 0.25) is 0 Å². The minimum Gasteiger partial charge on any atom is -0.464 e. The normalized spacial score (nSPS) is 47.8. The van der Waals surface area contributed by atoms with Crippen LogP contribution in [-0.4, -0.2) is 48.3 Å². The molecule has 5 aliphatic carbocycles. The molecule has 0 spiro atoms. The number of carbonyl (C=O) groups excluding carboxylic acids is 1. The molecule has 1 aliphatic heterocycles. The lowest BCUT2D eigenvalue weighted by atomic mass is 9.33. The SMILES string of the molecule is CC1(C)CC[C@]2(C(=O)OCCN3CCCC3)CC[C@]3(C)C(=CCC4[C@@]5(C)CC[C@H](O)C(C)(C)[C@@H]5CC[C@]43C)[C@@H]2C1. The van der Waals surface area contributed by atoms with Crippen molar-refractivity contribution < 1.29 is 14.6 Å². The summed E-state index contributed by atoms with van der Waals surface area (Å²) >= 11 is 0. The summed E-state index contributed by atoms with van der Waals surface area (Å²) in [4.78, 5) is 16.6. The van der Waals surface area contributed by atoms with Crippen LogP contribution in [0.1, 0.15) is 126 Å². The lowest BCUT2D eigenvalue weighted by Crippen LogP contribution is -2.65. The summed E-state index contributed by atoms with van der Waals surface area (Å²) in [6, 6.07) is 0. The van der Waals surface area contributed by atoms with E-state index in [1.54, 1.807) is 5.57 Å². The van der Waals surface area contributed by atoms with E-state index in [0.29, 0.717) is 24.4 Å². The summed E-state index contributed by atoms with van der Waals surface area (Å²) < 4.78 is 6.20. The number of nitrogens with zero attached hydrogens (tertiary/aromatic N) is 1. The number of aliphatic hydroxyl groups is 1. The van der Waals surface area contributed by atoms with Crippen molar-refractivity contribution in [1.82, 2.24) is 4.90 Å². The van der Waals surface area contributed by atoms with E-state index < -0.39 is 0 Å². The Morgan fingerprint density at radius 2 is 1.62 bits per heavy atom. The third kappa shape index (κ3) is 4.07. The molecule has 4 nitrogen and oxygen atoms in total. The van der Waals surface area contributed by atoms with E-state index >= 15 is 0 Å². The molecule has 0 amide bonds. The van der Waals surface area contributed by atoms with E-state index in [2.05, 4.69) is 59.4 Å². The zero-order valence-electron chi connectivity index (χ0n) is 26.9. The predicted molar refractivity (Wildman–Crippen MR) is 162 cm³/mol. The van der Waals surface area contributed by atoms with Crippen LogP contribution in [0.3, 0.4) is 0 Å². The maximum Gasteiger partial charge on any atom is 0.312 e. The highest BCUT2D eigenvalue weighted by molar-refractivity contribution is 5.78. The van der Waals surface area contributed by atoms with E-state index in [1.165, 1.54) is 25.7 Å². The Morgan fingerprint density at radius 1 is 0.925 bits per heavy atom. The van der Waals surface area contributed by atoms with Crippen LogP contribution >= 0.6 is 0 Å². The summed E-state index contributed by atoms with van der Waals surface area (Å²) in [5.74, 6) is 1.63. The van der Waals surface area contributed by atoms with Crippen LogP contribution in [0.15, 0.2) is 11.6 Å². The highest BCUT2D eigenvalue weighted by atomic mass is 16.5. The van der Waals surface area contributed by atoms with Gasteiger partial charge in [0.05, 0.1) is 11.5 Å². The number of ether oxygens (including phenoxy) is 1. The van der Waals surface area contributed by atoms with Crippen molar-refractivity contribution in [3.8, 4) is 0 Å². The summed E-state index contributed by atoms with van der Waals surface area (Å²) in [6.07, 6.45) is 16.0. The molecule has 40 heavy (non-hydrogen) atoms. The number of aliphatic hydroxyl groups excluding tert-OH is 1. The van der Waals surface area contributed by atoms with Crippen molar-refractivity contribution in [3.63, 3.8) is 0 Å². The second-order valence-corrected chi connectivity index (χ2v) is 17.4. The number of fused-ring (bicyclic) bond motifs is 7. The molecule has 0 aromatic carbocycles. The molecule has 4 saturated carbocycles. The van der Waals surface area contributed by atoms with Crippen LogP contribution in [-0.2, 0) is 9.53 Å². The standard InChI is InChI=1S/C36H59NO3/c1-31(2)16-18-36(30(39)40-23-22-37-20-8-9-21-37)19-17-34(6)25(26(36)24-31)10-11-28-33(5)14-13-29(38)32(3,4)27(33)12-15-35(28,34)7/h10,26-29,38H,8-9,11-24H2,1-7H3/t26-,27-,28?,29-,33-,34+,35+,36-/m0/s1. The van der Waals surface area contributed by atoms with Gasteiger partial charge in [-0.25, -0.2) is 0 Å². The monoisotopic (exact) mass is 553 g/mol. The highest BCUT2D eigenvalue weighted by Gasteiger charge is 2.69. The molecule has 0 radical (unpaired) electrons. The van der Waals surface area contributed by atoms with Crippen molar-refractivity contribution in [2.24, 2.45) is 50.2 Å². The number of hydrogen-bond acceptors (Lipinski definition) is 4. The molecule has 6 aliphatic rings. The number of esters is 1. The van der Waals surface area contributed by atoms with Gasteiger partial charge in [-0.15, -0.1) is 0 Å². The Balaban J connectivity index is 1.32. The number of carbonyl (C=O) groups is 1. The molecule has 4 heteroatoms. The number of allylic oxidation sites excluding steroid dienone is 2. The Bertz CT molecular complexity index is 1040. The summed E-state index contributed by atoms with van der Waals surface area (Å²) in [7, 11) is 0. The van der Waals surface area contributed by atoms with Crippen molar-refractivity contribution >= 4 is 5.97 Å². The van der Waals surface area contributed by atoms with E-state index in [0.717, 1.165) is 71.0 Å².